The summed E-state index contributed by atoms with van der Waals surface area (Å²) in [7, 11) is 0. The van der Waals surface area contributed by atoms with Gasteiger partial charge in [0.15, 0.2) is 5.65 Å². The van der Waals surface area contributed by atoms with E-state index in [1.807, 2.05) is 59.3 Å². The molecule has 0 radical (unpaired) electrons. The SMILES string of the molecule is O=C(Nc1nc2ccccc2[nH]1)c1cnc2c(cnn2Cc2ccccc2)c1. The zero-order chi connectivity index (χ0) is 18.9. The minimum absolute atomic E-state index is 0.274. The molecular formula is C21H16N6O. The predicted octanol–water partition coefficient (Wildman–Crippen LogP) is 3.61. The van der Waals surface area contributed by atoms with Gasteiger partial charge < -0.3 is 4.98 Å². The van der Waals surface area contributed by atoms with Crippen LogP contribution >= 0.6 is 0 Å². The molecule has 2 aromatic carbocycles. The molecule has 0 fully saturated rings. The van der Waals surface area contributed by atoms with Crippen molar-refractivity contribution >= 4 is 33.9 Å². The topological polar surface area (TPSA) is 88.5 Å². The van der Waals surface area contributed by atoms with Gasteiger partial charge in [0, 0.05) is 11.6 Å². The van der Waals surface area contributed by atoms with Crippen LogP contribution in [0.15, 0.2) is 73.1 Å². The van der Waals surface area contributed by atoms with Gasteiger partial charge in [0.1, 0.15) is 0 Å². The van der Waals surface area contributed by atoms with E-state index in [-0.39, 0.29) is 5.91 Å². The number of carbonyl (C=O) groups excluding carboxylic acids is 1. The van der Waals surface area contributed by atoms with Crippen molar-refractivity contribution in [1.29, 1.82) is 0 Å². The second-order valence-electron chi connectivity index (χ2n) is 6.48. The Labute approximate surface area is 160 Å². The van der Waals surface area contributed by atoms with E-state index < -0.39 is 0 Å². The summed E-state index contributed by atoms with van der Waals surface area (Å²) in [4.78, 5) is 24.5. The molecule has 7 nitrogen and oxygen atoms in total. The minimum Gasteiger partial charge on any atom is -0.324 e. The second kappa shape index (κ2) is 6.62. The lowest BCUT2D eigenvalue weighted by atomic mass is 10.2. The highest BCUT2D eigenvalue weighted by molar-refractivity contribution is 6.05. The number of fused-ring (bicyclic) bond motifs is 2. The Hall–Kier alpha value is -4.00. The van der Waals surface area contributed by atoms with Gasteiger partial charge in [0.05, 0.1) is 29.3 Å². The maximum atomic E-state index is 12.6. The van der Waals surface area contributed by atoms with Gasteiger partial charge in [-0.05, 0) is 23.8 Å². The van der Waals surface area contributed by atoms with Crippen LogP contribution in [0, 0.1) is 0 Å². The van der Waals surface area contributed by atoms with Crippen molar-refractivity contribution in [3.05, 3.63) is 84.2 Å². The van der Waals surface area contributed by atoms with E-state index >= 15 is 0 Å². The lowest BCUT2D eigenvalue weighted by Crippen LogP contribution is -2.13. The number of anilines is 1. The molecule has 7 heteroatoms. The Bertz CT molecular complexity index is 1260. The van der Waals surface area contributed by atoms with Crippen LogP contribution in [-0.4, -0.2) is 30.6 Å². The predicted molar refractivity (Wildman–Crippen MR) is 107 cm³/mol. The van der Waals surface area contributed by atoms with Gasteiger partial charge in [0.2, 0.25) is 5.95 Å². The molecule has 3 aromatic heterocycles. The first-order valence-corrected chi connectivity index (χ1v) is 8.88. The lowest BCUT2D eigenvalue weighted by Gasteiger charge is -2.04. The van der Waals surface area contributed by atoms with Gasteiger partial charge in [-0.1, -0.05) is 42.5 Å². The van der Waals surface area contributed by atoms with Gasteiger partial charge in [-0.3, -0.25) is 10.1 Å². The second-order valence-corrected chi connectivity index (χ2v) is 6.48. The molecule has 28 heavy (non-hydrogen) atoms. The summed E-state index contributed by atoms with van der Waals surface area (Å²) >= 11 is 0. The fourth-order valence-corrected chi connectivity index (χ4v) is 3.16. The van der Waals surface area contributed by atoms with E-state index in [1.54, 1.807) is 18.5 Å². The Kier molecular flexibility index (Phi) is 3.83. The molecule has 0 bridgehead atoms. The Morgan fingerprint density at radius 1 is 1.04 bits per heavy atom. The molecule has 0 spiro atoms. The maximum Gasteiger partial charge on any atom is 0.259 e. The summed E-state index contributed by atoms with van der Waals surface area (Å²) in [5.41, 5.74) is 4.00. The van der Waals surface area contributed by atoms with Crippen LogP contribution in [0.2, 0.25) is 0 Å². The molecule has 3 heterocycles. The van der Waals surface area contributed by atoms with E-state index in [0.717, 1.165) is 27.6 Å². The molecule has 0 aliphatic carbocycles. The van der Waals surface area contributed by atoms with E-state index in [2.05, 4.69) is 25.4 Å². The third kappa shape index (κ3) is 2.99. The summed E-state index contributed by atoms with van der Waals surface area (Å²) in [6, 6.07) is 19.5. The molecule has 0 saturated carbocycles. The maximum absolute atomic E-state index is 12.6. The van der Waals surface area contributed by atoms with E-state index in [1.165, 1.54) is 0 Å². The van der Waals surface area contributed by atoms with E-state index in [4.69, 9.17) is 0 Å². The van der Waals surface area contributed by atoms with Crippen molar-refractivity contribution in [2.75, 3.05) is 5.32 Å². The molecule has 0 aliphatic heterocycles. The van der Waals surface area contributed by atoms with E-state index in [0.29, 0.717) is 18.1 Å². The summed E-state index contributed by atoms with van der Waals surface area (Å²) in [5.74, 6) is 0.135. The van der Waals surface area contributed by atoms with Crippen molar-refractivity contribution in [2.45, 2.75) is 6.54 Å². The van der Waals surface area contributed by atoms with Crippen LogP contribution in [0.5, 0.6) is 0 Å². The van der Waals surface area contributed by atoms with Crippen molar-refractivity contribution in [3.63, 3.8) is 0 Å². The minimum atomic E-state index is -0.274. The van der Waals surface area contributed by atoms with Crippen LogP contribution in [-0.2, 0) is 6.54 Å². The number of aromatic amines is 1. The Balaban J connectivity index is 1.39. The molecule has 0 unspecified atom stereocenters. The first kappa shape index (κ1) is 16.2. The largest absolute Gasteiger partial charge is 0.324 e. The van der Waals surface area contributed by atoms with Crippen LogP contribution < -0.4 is 5.32 Å². The van der Waals surface area contributed by atoms with Crippen LogP contribution in [0.3, 0.4) is 0 Å². The highest BCUT2D eigenvalue weighted by Gasteiger charge is 2.12. The first-order chi connectivity index (χ1) is 13.8. The van der Waals surface area contributed by atoms with Crippen molar-refractivity contribution in [1.82, 2.24) is 24.7 Å². The zero-order valence-corrected chi connectivity index (χ0v) is 14.8. The fraction of sp³-hybridized carbons (Fsp3) is 0.0476. The number of carbonyl (C=O) groups is 1. The third-order valence-electron chi connectivity index (χ3n) is 4.53. The molecule has 2 N–H and O–H groups in total. The summed E-state index contributed by atoms with van der Waals surface area (Å²) in [6.07, 6.45) is 3.28. The van der Waals surface area contributed by atoms with Gasteiger partial charge in [-0.25, -0.2) is 14.6 Å². The number of nitrogens with one attached hydrogen (secondary N) is 2. The number of nitrogens with zero attached hydrogens (tertiary/aromatic N) is 4. The van der Waals surface area contributed by atoms with Gasteiger partial charge >= 0.3 is 0 Å². The molecule has 5 aromatic rings. The highest BCUT2D eigenvalue weighted by atomic mass is 16.1. The lowest BCUT2D eigenvalue weighted by molar-refractivity contribution is 0.102. The third-order valence-corrected chi connectivity index (χ3v) is 4.53. The summed E-state index contributed by atoms with van der Waals surface area (Å²) in [5, 5.41) is 8.01. The average molecular weight is 368 g/mol. The number of rotatable bonds is 4. The number of hydrogen-bond acceptors (Lipinski definition) is 4. The Morgan fingerprint density at radius 3 is 2.71 bits per heavy atom. The zero-order valence-electron chi connectivity index (χ0n) is 14.8. The molecule has 5 rings (SSSR count). The van der Waals surface area contributed by atoms with Crippen molar-refractivity contribution in [2.24, 2.45) is 0 Å². The molecule has 0 aliphatic rings. The first-order valence-electron chi connectivity index (χ1n) is 8.88. The average Bonchev–Trinajstić information content (AvgIpc) is 3.32. The standard InChI is InChI=1S/C21H16N6O/c28-20(26-21-24-17-8-4-5-9-18(17)25-21)16-10-15-12-23-27(19(15)22-11-16)13-14-6-2-1-3-7-14/h1-12H,13H2,(H2,24,25,26,28). The van der Waals surface area contributed by atoms with Crippen LogP contribution in [0.4, 0.5) is 5.95 Å². The van der Waals surface area contributed by atoms with Gasteiger partial charge in [-0.2, -0.15) is 5.10 Å². The number of para-hydroxylation sites is 2. The quantitative estimate of drug-likeness (QED) is 0.507. The van der Waals surface area contributed by atoms with Crippen LogP contribution in [0.25, 0.3) is 22.1 Å². The number of amides is 1. The fourth-order valence-electron chi connectivity index (χ4n) is 3.16. The number of benzene rings is 2. The Morgan fingerprint density at radius 2 is 1.86 bits per heavy atom. The molecule has 0 saturated heterocycles. The molecular weight excluding hydrogens is 352 g/mol. The van der Waals surface area contributed by atoms with Gasteiger partial charge in [-0.15, -0.1) is 0 Å². The molecule has 136 valence electrons. The summed E-state index contributed by atoms with van der Waals surface area (Å²) in [6.45, 7) is 0.627. The van der Waals surface area contributed by atoms with Gasteiger partial charge in [0.25, 0.3) is 5.91 Å². The monoisotopic (exact) mass is 368 g/mol. The number of pyridine rings is 1. The van der Waals surface area contributed by atoms with Crippen molar-refractivity contribution in [3.8, 4) is 0 Å². The smallest absolute Gasteiger partial charge is 0.259 e. The normalized spacial score (nSPS) is 11.1. The summed E-state index contributed by atoms with van der Waals surface area (Å²) < 4.78 is 1.83. The number of aromatic nitrogens is 5. The van der Waals surface area contributed by atoms with Crippen molar-refractivity contribution < 1.29 is 4.79 Å². The molecule has 0 atom stereocenters. The van der Waals surface area contributed by atoms with Crippen LogP contribution in [0.1, 0.15) is 15.9 Å². The molecule has 1 amide bonds. The number of imidazole rings is 1. The highest BCUT2D eigenvalue weighted by Crippen LogP contribution is 2.17. The number of hydrogen-bond donors (Lipinski definition) is 2. The van der Waals surface area contributed by atoms with E-state index in [9.17, 15) is 4.79 Å². The number of H-pyrrole nitrogens is 1.